The molecule has 0 unspecified atom stereocenters. The predicted octanol–water partition coefficient (Wildman–Crippen LogP) is -9.90. The molecule has 0 aliphatic carbocycles. The van der Waals surface area contributed by atoms with Gasteiger partial charge in [-0.1, -0.05) is 0 Å². The van der Waals surface area contributed by atoms with Crippen molar-refractivity contribution in [1.82, 2.24) is 0 Å². The fourth-order valence-electron chi connectivity index (χ4n) is 0.173. The summed E-state index contributed by atoms with van der Waals surface area (Å²) in [5.41, 5.74) is -3.35. The zero-order chi connectivity index (χ0) is 8.58. The van der Waals surface area contributed by atoms with Crippen LogP contribution in [0.4, 0.5) is 0 Å². The van der Waals surface area contributed by atoms with Crippen molar-refractivity contribution in [2.45, 2.75) is 5.59 Å². The van der Waals surface area contributed by atoms with Crippen molar-refractivity contribution in [3.8, 4) is 0 Å². The van der Waals surface area contributed by atoms with E-state index in [2.05, 4.69) is 0 Å². The van der Waals surface area contributed by atoms with Gasteiger partial charge in [-0.15, -0.1) is 0 Å². The third kappa shape index (κ3) is 7.64. The molecule has 0 radical (unpaired) electrons. The van der Waals surface area contributed by atoms with E-state index in [1.54, 1.807) is 0 Å². The fraction of sp³-hybridized carbons (Fsp3) is 1.00. The summed E-state index contributed by atoms with van der Waals surface area (Å²) in [6.07, 6.45) is 0. The van der Waals surface area contributed by atoms with Gasteiger partial charge in [0.2, 0.25) is 0 Å². The Bertz CT molecular complexity index is 181. The van der Waals surface area contributed by atoms with Gasteiger partial charge in [-0.25, -0.2) is 0 Å². The SMILES string of the molecule is O=P([O-])([O-])C(O)P(=O)([O-])[O-].[Na+].[Na+]. The number of hydrogen-bond acceptors (Lipinski definition) is 7. The minimum absolute atomic E-state index is 0. The fourth-order valence-corrected chi connectivity index (χ4v) is 1.56. The van der Waals surface area contributed by atoms with Gasteiger partial charge in [0.25, 0.3) is 0 Å². The molecule has 0 spiro atoms. The molecule has 0 atom stereocenters. The van der Waals surface area contributed by atoms with Crippen LogP contribution in [0.1, 0.15) is 0 Å². The Morgan fingerprint density at radius 1 is 0.917 bits per heavy atom. The average Bonchev–Trinajstić information content (AvgIpc) is 1.59. The Labute approximate surface area is 112 Å². The first-order valence-corrected chi connectivity index (χ1v) is 5.09. The van der Waals surface area contributed by atoms with Crippen LogP contribution in [0.2, 0.25) is 0 Å². The molecule has 0 aromatic rings. The summed E-state index contributed by atoms with van der Waals surface area (Å²) in [5, 5.41) is 7.95. The van der Waals surface area contributed by atoms with E-state index in [1.165, 1.54) is 0 Å². The second-order valence-electron chi connectivity index (χ2n) is 1.43. The summed E-state index contributed by atoms with van der Waals surface area (Å²) >= 11 is 0. The zero-order valence-electron chi connectivity index (χ0n) is 6.37. The molecular weight excluding hydrogens is 232 g/mol. The van der Waals surface area contributed by atoms with Crippen LogP contribution in [0.15, 0.2) is 0 Å². The molecule has 0 aromatic carbocycles. The molecule has 0 rings (SSSR count). The van der Waals surface area contributed by atoms with Crippen molar-refractivity contribution < 1.29 is 92.9 Å². The van der Waals surface area contributed by atoms with Gasteiger partial charge in [0, 0.05) is 0 Å². The van der Waals surface area contributed by atoms with Gasteiger partial charge in [-0.05, 0) is 15.2 Å². The number of aliphatic hydroxyl groups excluding tert-OH is 1. The maximum Gasteiger partial charge on any atom is 1.00 e. The van der Waals surface area contributed by atoms with E-state index in [1.807, 2.05) is 0 Å². The molecule has 0 bridgehead atoms. The van der Waals surface area contributed by atoms with Crippen LogP contribution in [0.3, 0.4) is 0 Å². The van der Waals surface area contributed by atoms with Crippen LogP contribution in [0.5, 0.6) is 0 Å². The van der Waals surface area contributed by atoms with Crippen LogP contribution in [-0.2, 0) is 9.13 Å². The first kappa shape index (κ1) is 19.8. The van der Waals surface area contributed by atoms with E-state index in [9.17, 15) is 28.7 Å². The summed E-state index contributed by atoms with van der Waals surface area (Å²) in [6, 6.07) is 0. The van der Waals surface area contributed by atoms with Gasteiger partial charge in [0.05, 0.1) is 0 Å². The number of aliphatic hydroxyl groups is 1. The summed E-state index contributed by atoms with van der Waals surface area (Å²) in [7, 11) is -11.4. The molecule has 12 heavy (non-hydrogen) atoms. The van der Waals surface area contributed by atoms with Crippen molar-refractivity contribution in [2.75, 3.05) is 0 Å². The minimum Gasteiger partial charge on any atom is -0.809 e. The van der Waals surface area contributed by atoms with Gasteiger partial charge in [0.15, 0.2) is 0 Å². The first-order chi connectivity index (χ1) is 4.15. The smallest absolute Gasteiger partial charge is 0.809 e. The molecule has 0 saturated carbocycles. The number of hydrogen-bond donors (Lipinski definition) is 1. The molecule has 11 heteroatoms. The average molecular weight is 234 g/mol. The quantitative estimate of drug-likeness (QED) is 0.368. The van der Waals surface area contributed by atoms with Crippen LogP contribution >= 0.6 is 15.2 Å². The monoisotopic (exact) mass is 234 g/mol. The van der Waals surface area contributed by atoms with Crippen molar-refractivity contribution in [2.24, 2.45) is 0 Å². The van der Waals surface area contributed by atoms with E-state index in [-0.39, 0.29) is 59.1 Å². The molecule has 7 nitrogen and oxygen atoms in total. The molecule has 62 valence electrons. The second-order valence-corrected chi connectivity index (χ2v) is 4.97. The molecule has 0 aliphatic rings. The zero-order valence-corrected chi connectivity index (χ0v) is 12.2. The van der Waals surface area contributed by atoms with E-state index in [0.29, 0.717) is 0 Å². The van der Waals surface area contributed by atoms with Gasteiger partial charge in [-0.3, -0.25) is 0 Å². The molecule has 0 saturated heterocycles. The second kappa shape index (κ2) is 6.69. The molecule has 0 aliphatic heterocycles. The molecule has 0 amide bonds. The Morgan fingerprint density at radius 2 is 1.08 bits per heavy atom. The van der Waals surface area contributed by atoms with Crippen molar-refractivity contribution in [1.29, 1.82) is 0 Å². The van der Waals surface area contributed by atoms with Gasteiger partial charge < -0.3 is 33.8 Å². The Kier molecular flexibility index (Phi) is 11.0. The Balaban J connectivity index is -0.000000405. The van der Waals surface area contributed by atoms with E-state index < -0.39 is 20.8 Å². The Hall–Kier alpha value is 2.26. The summed E-state index contributed by atoms with van der Waals surface area (Å²) in [4.78, 5) is 38.5. The van der Waals surface area contributed by atoms with E-state index in [0.717, 1.165) is 0 Å². The third-order valence-electron chi connectivity index (χ3n) is 0.566. The molecule has 0 aromatic heterocycles. The van der Waals surface area contributed by atoms with Crippen LogP contribution in [-0.4, -0.2) is 10.7 Å². The van der Waals surface area contributed by atoms with Crippen LogP contribution < -0.4 is 78.7 Å². The normalized spacial score (nSPS) is 11.8. The van der Waals surface area contributed by atoms with Crippen molar-refractivity contribution in [3.05, 3.63) is 0 Å². The van der Waals surface area contributed by atoms with E-state index in [4.69, 9.17) is 5.11 Å². The van der Waals surface area contributed by atoms with Crippen molar-refractivity contribution in [3.63, 3.8) is 0 Å². The predicted molar refractivity (Wildman–Crippen MR) is 21.2 cm³/mol. The topological polar surface area (TPSA) is 147 Å². The molecule has 0 heterocycles. The molecular formula is CH2Na2O7P2-2. The number of rotatable bonds is 2. The molecule has 0 fully saturated rings. The summed E-state index contributed by atoms with van der Waals surface area (Å²) < 4.78 is 19.3. The third-order valence-corrected chi connectivity index (χ3v) is 3.39. The molecule has 1 N–H and O–H groups in total. The van der Waals surface area contributed by atoms with Gasteiger partial charge >= 0.3 is 59.1 Å². The Morgan fingerprint density at radius 3 is 1.08 bits per heavy atom. The standard InChI is InChI=1S/CH6O7P2.2Na/c2-1(9(3,4)5)10(6,7)8;;/h1-2H,(H2,3,4,5)(H2,6,7,8);;/q;2*+1/p-4. The maximum absolute atomic E-state index is 9.63. The first-order valence-electron chi connectivity index (χ1n) is 1.87. The minimum atomic E-state index is -5.71. The summed E-state index contributed by atoms with van der Waals surface area (Å²) in [5.74, 6) is 0. The maximum atomic E-state index is 9.63. The van der Waals surface area contributed by atoms with Crippen molar-refractivity contribution >= 4 is 15.2 Å². The van der Waals surface area contributed by atoms with Gasteiger partial charge in [0.1, 0.15) is 5.59 Å². The van der Waals surface area contributed by atoms with Crippen LogP contribution in [0, 0.1) is 0 Å². The van der Waals surface area contributed by atoms with Crippen LogP contribution in [0.25, 0.3) is 0 Å². The van der Waals surface area contributed by atoms with Gasteiger partial charge in [-0.2, -0.15) is 0 Å². The largest absolute Gasteiger partial charge is 1.00 e. The van der Waals surface area contributed by atoms with E-state index >= 15 is 0 Å². The summed E-state index contributed by atoms with van der Waals surface area (Å²) in [6.45, 7) is 0.